The number of fused-ring (bicyclic) bond motifs is 1. The highest BCUT2D eigenvalue weighted by atomic mass is 16.4. The number of nitrogen functional groups attached to an aromatic ring is 1. The summed E-state index contributed by atoms with van der Waals surface area (Å²) in [4.78, 5) is 17.5. The molecule has 2 N–H and O–H groups in total. The van der Waals surface area contributed by atoms with Crippen LogP contribution in [-0.4, -0.2) is 22.3 Å². The van der Waals surface area contributed by atoms with Gasteiger partial charge in [0, 0.05) is 19.4 Å². The predicted molar refractivity (Wildman–Crippen MR) is 54.9 cm³/mol. The van der Waals surface area contributed by atoms with Crippen LogP contribution in [0.1, 0.15) is 31.2 Å². The standard InChI is InChI=1S/C10H15N3O2/c1-2-3-9(14)13-5-4-8-7(6-13)12-10(11)15-8/h2-6H2,1H3,(H2,11,12). The molecule has 1 aromatic rings. The second-order valence-electron chi connectivity index (χ2n) is 3.74. The highest BCUT2D eigenvalue weighted by molar-refractivity contribution is 5.76. The Morgan fingerprint density at radius 1 is 1.67 bits per heavy atom. The van der Waals surface area contributed by atoms with Gasteiger partial charge in [-0.05, 0) is 6.42 Å². The molecule has 2 rings (SSSR count). The van der Waals surface area contributed by atoms with Gasteiger partial charge in [-0.2, -0.15) is 4.98 Å². The van der Waals surface area contributed by atoms with Crippen LogP contribution in [0.15, 0.2) is 4.42 Å². The Hall–Kier alpha value is -1.52. The van der Waals surface area contributed by atoms with Gasteiger partial charge in [0.05, 0.1) is 6.54 Å². The zero-order valence-electron chi connectivity index (χ0n) is 8.82. The lowest BCUT2D eigenvalue weighted by Crippen LogP contribution is -2.35. The van der Waals surface area contributed by atoms with Gasteiger partial charge in [0.2, 0.25) is 5.91 Å². The molecule has 0 saturated carbocycles. The minimum absolute atomic E-state index is 0.185. The van der Waals surface area contributed by atoms with Crippen LogP contribution in [0.4, 0.5) is 6.01 Å². The van der Waals surface area contributed by atoms with Crippen LogP contribution in [0.25, 0.3) is 0 Å². The summed E-state index contributed by atoms with van der Waals surface area (Å²) in [6.07, 6.45) is 2.20. The maximum absolute atomic E-state index is 11.7. The van der Waals surface area contributed by atoms with Crippen molar-refractivity contribution in [2.75, 3.05) is 12.3 Å². The van der Waals surface area contributed by atoms with E-state index in [-0.39, 0.29) is 11.9 Å². The molecule has 0 aromatic carbocycles. The SMILES string of the molecule is CCCC(=O)N1CCc2oc(N)nc2C1. The Bertz CT molecular complexity index is 373. The lowest BCUT2D eigenvalue weighted by atomic mass is 10.1. The first-order chi connectivity index (χ1) is 7.20. The second-order valence-corrected chi connectivity index (χ2v) is 3.74. The first kappa shape index (κ1) is 10.0. The number of aromatic nitrogens is 1. The van der Waals surface area contributed by atoms with Crippen LogP contribution in [0, 0.1) is 0 Å². The molecule has 15 heavy (non-hydrogen) atoms. The first-order valence-electron chi connectivity index (χ1n) is 5.22. The van der Waals surface area contributed by atoms with E-state index in [0.29, 0.717) is 19.5 Å². The van der Waals surface area contributed by atoms with E-state index in [4.69, 9.17) is 10.2 Å². The van der Waals surface area contributed by atoms with Crippen LogP contribution < -0.4 is 5.73 Å². The van der Waals surface area contributed by atoms with E-state index in [0.717, 1.165) is 24.3 Å². The highest BCUT2D eigenvalue weighted by Crippen LogP contribution is 2.21. The van der Waals surface area contributed by atoms with E-state index in [2.05, 4.69) is 4.98 Å². The van der Waals surface area contributed by atoms with E-state index < -0.39 is 0 Å². The molecule has 0 fully saturated rings. The van der Waals surface area contributed by atoms with Gasteiger partial charge in [-0.1, -0.05) is 6.92 Å². The monoisotopic (exact) mass is 209 g/mol. The minimum Gasteiger partial charge on any atom is -0.428 e. The van der Waals surface area contributed by atoms with E-state index in [1.165, 1.54) is 0 Å². The van der Waals surface area contributed by atoms with Crippen LogP contribution in [-0.2, 0) is 17.8 Å². The Kier molecular flexibility index (Phi) is 2.62. The number of oxazole rings is 1. The molecule has 1 aromatic heterocycles. The summed E-state index contributed by atoms with van der Waals surface area (Å²) < 4.78 is 5.22. The summed E-state index contributed by atoms with van der Waals surface area (Å²) >= 11 is 0. The van der Waals surface area contributed by atoms with Gasteiger partial charge in [0.15, 0.2) is 0 Å². The zero-order chi connectivity index (χ0) is 10.8. The van der Waals surface area contributed by atoms with Gasteiger partial charge >= 0.3 is 0 Å². The van der Waals surface area contributed by atoms with Crippen molar-refractivity contribution in [3.63, 3.8) is 0 Å². The highest BCUT2D eigenvalue weighted by Gasteiger charge is 2.24. The van der Waals surface area contributed by atoms with Crippen molar-refractivity contribution in [3.05, 3.63) is 11.5 Å². The van der Waals surface area contributed by atoms with Crippen LogP contribution >= 0.6 is 0 Å². The maximum atomic E-state index is 11.7. The summed E-state index contributed by atoms with van der Waals surface area (Å²) in [5.41, 5.74) is 6.27. The molecule has 0 atom stereocenters. The number of hydrogen-bond donors (Lipinski definition) is 1. The Labute approximate surface area is 88.3 Å². The molecule has 1 aliphatic heterocycles. The molecule has 0 radical (unpaired) electrons. The number of anilines is 1. The number of carbonyl (C=O) groups excluding carboxylic acids is 1. The number of hydrogen-bond acceptors (Lipinski definition) is 4. The van der Waals surface area contributed by atoms with Gasteiger partial charge in [0.1, 0.15) is 11.5 Å². The van der Waals surface area contributed by atoms with Gasteiger partial charge in [-0.25, -0.2) is 0 Å². The molecule has 2 heterocycles. The molecule has 1 aliphatic rings. The van der Waals surface area contributed by atoms with Crippen molar-refractivity contribution in [2.24, 2.45) is 0 Å². The Morgan fingerprint density at radius 3 is 3.20 bits per heavy atom. The fourth-order valence-corrected chi connectivity index (χ4v) is 1.80. The van der Waals surface area contributed by atoms with E-state index >= 15 is 0 Å². The largest absolute Gasteiger partial charge is 0.428 e. The fourth-order valence-electron chi connectivity index (χ4n) is 1.80. The molecule has 0 aliphatic carbocycles. The molecule has 0 saturated heterocycles. The number of nitrogens with zero attached hydrogens (tertiary/aromatic N) is 2. The molecule has 5 nitrogen and oxygen atoms in total. The van der Waals surface area contributed by atoms with E-state index in [1.807, 2.05) is 11.8 Å². The number of amides is 1. The van der Waals surface area contributed by atoms with Crippen molar-refractivity contribution in [1.82, 2.24) is 9.88 Å². The van der Waals surface area contributed by atoms with Crippen molar-refractivity contribution in [2.45, 2.75) is 32.7 Å². The van der Waals surface area contributed by atoms with Gasteiger partial charge in [-0.3, -0.25) is 4.79 Å². The van der Waals surface area contributed by atoms with Gasteiger partial charge in [0.25, 0.3) is 6.01 Å². The predicted octanol–water partition coefficient (Wildman–Crippen LogP) is 0.942. The Morgan fingerprint density at radius 2 is 2.47 bits per heavy atom. The summed E-state index contributed by atoms with van der Waals surface area (Å²) in [6, 6.07) is 0.199. The smallest absolute Gasteiger partial charge is 0.292 e. The summed E-state index contributed by atoms with van der Waals surface area (Å²) in [7, 11) is 0. The first-order valence-corrected chi connectivity index (χ1v) is 5.22. The minimum atomic E-state index is 0.185. The van der Waals surface area contributed by atoms with Crippen LogP contribution in [0.3, 0.4) is 0 Å². The number of rotatable bonds is 2. The topological polar surface area (TPSA) is 72.4 Å². The van der Waals surface area contributed by atoms with Crippen LogP contribution in [0.5, 0.6) is 0 Å². The molecule has 0 spiro atoms. The fraction of sp³-hybridized carbons (Fsp3) is 0.600. The third kappa shape index (κ3) is 1.95. The van der Waals surface area contributed by atoms with Gasteiger partial charge in [-0.15, -0.1) is 0 Å². The van der Waals surface area contributed by atoms with Gasteiger partial charge < -0.3 is 15.1 Å². The second kappa shape index (κ2) is 3.92. The van der Waals surface area contributed by atoms with E-state index in [9.17, 15) is 4.79 Å². The zero-order valence-corrected chi connectivity index (χ0v) is 8.82. The lowest BCUT2D eigenvalue weighted by Gasteiger charge is -2.25. The third-order valence-corrected chi connectivity index (χ3v) is 2.56. The third-order valence-electron chi connectivity index (χ3n) is 2.56. The van der Waals surface area contributed by atoms with Crippen molar-refractivity contribution >= 4 is 11.9 Å². The molecule has 0 unspecified atom stereocenters. The Balaban J connectivity index is 2.08. The summed E-state index contributed by atoms with van der Waals surface area (Å²) in [6.45, 7) is 3.25. The van der Waals surface area contributed by atoms with Crippen LogP contribution in [0.2, 0.25) is 0 Å². The molecule has 82 valence electrons. The summed E-state index contributed by atoms with van der Waals surface area (Å²) in [5, 5.41) is 0. The van der Waals surface area contributed by atoms with Crippen molar-refractivity contribution < 1.29 is 9.21 Å². The quantitative estimate of drug-likeness (QED) is 0.786. The maximum Gasteiger partial charge on any atom is 0.292 e. The average Bonchev–Trinajstić information content (AvgIpc) is 2.57. The number of carbonyl (C=O) groups is 1. The molecular weight excluding hydrogens is 194 g/mol. The lowest BCUT2D eigenvalue weighted by molar-refractivity contribution is -0.132. The van der Waals surface area contributed by atoms with Crippen molar-refractivity contribution in [3.8, 4) is 0 Å². The molecular formula is C10H15N3O2. The normalized spacial score (nSPS) is 15.1. The summed E-state index contributed by atoms with van der Waals surface area (Å²) in [5.74, 6) is 1.01. The molecule has 5 heteroatoms. The van der Waals surface area contributed by atoms with Crippen molar-refractivity contribution in [1.29, 1.82) is 0 Å². The van der Waals surface area contributed by atoms with E-state index in [1.54, 1.807) is 0 Å². The molecule has 0 bridgehead atoms. The average molecular weight is 209 g/mol. The number of nitrogens with two attached hydrogens (primary N) is 1. The molecule has 1 amide bonds.